The molecule has 0 N–H and O–H groups in total. The first-order chi connectivity index (χ1) is 8.24. The highest BCUT2D eigenvalue weighted by Crippen LogP contribution is 2.24. The fourth-order valence-electron chi connectivity index (χ4n) is 3.00. The van der Waals surface area contributed by atoms with E-state index in [-0.39, 0.29) is 0 Å². The smallest absolute Gasteiger partial charge is 0.0233 e. The Morgan fingerprint density at radius 3 is 2.71 bits per heavy atom. The Balaban J connectivity index is 1.85. The van der Waals surface area contributed by atoms with Gasteiger partial charge in [-0.3, -0.25) is 4.90 Å². The Labute approximate surface area is 106 Å². The van der Waals surface area contributed by atoms with Crippen LogP contribution in [0.3, 0.4) is 0 Å². The number of nitrogens with zero attached hydrogens (tertiary/aromatic N) is 1. The maximum Gasteiger partial charge on any atom is 0.0233 e. The molecule has 1 atom stereocenters. The van der Waals surface area contributed by atoms with Crippen LogP contribution in [-0.2, 0) is 6.54 Å². The highest BCUT2D eigenvalue weighted by Gasteiger charge is 2.20. The molecule has 1 aromatic carbocycles. The van der Waals surface area contributed by atoms with Gasteiger partial charge in [-0.15, -0.1) is 0 Å². The first-order valence-corrected chi connectivity index (χ1v) is 7.00. The fraction of sp³-hybridized carbons (Fsp3) is 0.625. The second-order valence-electron chi connectivity index (χ2n) is 5.86. The quantitative estimate of drug-likeness (QED) is 0.758. The van der Waals surface area contributed by atoms with Crippen molar-refractivity contribution in [1.29, 1.82) is 0 Å². The highest BCUT2D eigenvalue weighted by molar-refractivity contribution is 5.14. The zero-order valence-corrected chi connectivity index (χ0v) is 11.2. The molecule has 94 valence electrons. The van der Waals surface area contributed by atoms with Crippen LogP contribution in [0.1, 0.15) is 38.7 Å². The van der Waals surface area contributed by atoms with Crippen LogP contribution in [0.15, 0.2) is 30.3 Å². The molecule has 0 aromatic heterocycles. The Morgan fingerprint density at radius 1 is 1.24 bits per heavy atom. The zero-order valence-electron chi connectivity index (χ0n) is 11.2. The minimum atomic E-state index is 0.844. The molecule has 1 unspecified atom stereocenters. The van der Waals surface area contributed by atoms with Crippen molar-refractivity contribution in [2.24, 2.45) is 11.8 Å². The van der Waals surface area contributed by atoms with Gasteiger partial charge in [0.05, 0.1) is 0 Å². The summed E-state index contributed by atoms with van der Waals surface area (Å²) in [6.45, 7) is 8.40. The van der Waals surface area contributed by atoms with Gasteiger partial charge in [-0.1, -0.05) is 44.2 Å². The molecule has 0 spiro atoms. The van der Waals surface area contributed by atoms with Crippen LogP contribution in [0, 0.1) is 11.8 Å². The van der Waals surface area contributed by atoms with Gasteiger partial charge in [0.25, 0.3) is 0 Å². The second kappa shape index (κ2) is 6.20. The molecule has 0 amide bonds. The van der Waals surface area contributed by atoms with Crippen molar-refractivity contribution in [3.63, 3.8) is 0 Å². The second-order valence-corrected chi connectivity index (χ2v) is 5.86. The van der Waals surface area contributed by atoms with E-state index in [9.17, 15) is 0 Å². The van der Waals surface area contributed by atoms with Crippen LogP contribution in [0.5, 0.6) is 0 Å². The van der Waals surface area contributed by atoms with E-state index >= 15 is 0 Å². The third kappa shape index (κ3) is 4.16. The topological polar surface area (TPSA) is 3.24 Å². The Bertz CT molecular complexity index is 318. The summed E-state index contributed by atoms with van der Waals surface area (Å²) < 4.78 is 0. The molecule has 1 saturated heterocycles. The van der Waals surface area contributed by atoms with Crippen LogP contribution >= 0.6 is 0 Å². The minimum Gasteiger partial charge on any atom is -0.299 e. The average molecular weight is 231 g/mol. The molecule has 1 aliphatic rings. The molecule has 0 radical (unpaired) electrons. The summed E-state index contributed by atoms with van der Waals surface area (Å²) in [5.74, 6) is 1.77. The molecule has 1 heteroatoms. The lowest BCUT2D eigenvalue weighted by Crippen LogP contribution is -2.35. The van der Waals surface area contributed by atoms with Crippen molar-refractivity contribution < 1.29 is 0 Å². The lowest BCUT2D eigenvalue weighted by molar-refractivity contribution is 0.153. The summed E-state index contributed by atoms with van der Waals surface area (Å²) in [7, 11) is 0. The predicted octanol–water partition coefficient (Wildman–Crippen LogP) is 3.94. The van der Waals surface area contributed by atoms with Gasteiger partial charge in [-0.05, 0) is 43.2 Å². The van der Waals surface area contributed by atoms with Gasteiger partial charge in [0, 0.05) is 13.1 Å². The van der Waals surface area contributed by atoms with E-state index in [1.165, 1.54) is 37.9 Å². The van der Waals surface area contributed by atoms with Crippen molar-refractivity contribution in [2.45, 2.75) is 39.7 Å². The predicted molar refractivity (Wildman–Crippen MR) is 73.9 cm³/mol. The summed E-state index contributed by atoms with van der Waals surface area (Å²) in [5, 5.41) is 0. The standard InChI is InChI=1S/C16H25N/c1-14(2)11-16-9-6-10-17(13-16)12-15-7-4-3-5-8-15/h3-5,7-8,14,16H,6,9-13H2,1-2H3. The fourth-order valence-corrected chi connectivity index (χ4v) is 3.00. The van der Waals surface area contributed by atoms with Crippen molar-refractivity contribution in [2.75, 3.05) is 13.1 Å². The number of likely N-dealkylation sites (tertiary alicyclic amines) is 1. The molecular formula is C16H25N. The molecule has 1 heterocycles. The lowest BCUT2D eigenvalue weighted by Gasteiger charge is -2.33. The van der Waals surface area contributed by atoms with Gasteiger partial charge < -0.3 is 0 Å². The molecule has 1 aromatic rings. The lowest BCUT2D eigenvalue weighted by atomic mass is 9.89. The normalized spacial score (nSPS) is 21.9. The maximum absolute atomic E-state index is 2.63. The summed E-state index contributed by atoms with van der Waals surface area (Å²) in [6.07, 6.45) is 4.21. The van der Waals surface area contributed by atoms with Crippen molar-refractivity contribution in [3.8, 4) is 0 Å². The third-order valence-corrected chi connectivity index (χ3v) is 3.66. The summed E-state index contributed by atoms with van der Waals surface area (Å²) in [4.78, 5) is 2.63. The van der Waals surface area contributed by atoms with E-state index < -0.39 is 0 Å². The number of rotatable bonds is 4. The molecule has 1 fully saturated rings. The summed E-state index contributed by atoms with van der Waals surface area (Å²) in [6, 6.07) is 10.9. The third-order valence-electron chi connectivity index (χ3n) is 3.66. The first-order valence-electron chi connectivity index (χ1n) is 7.00. The van der Waals surface area contributed by atoms with E-state index in [0.29, 0.717) is 0 Å². The molecular weight excluding hydrogens is 206 g/mol. The van der Waals surface area contributed by atoms with Crippen molar-refractivity contribution in [1.82, 2.24) is 4.90 Å². The minimum absolute atomic E-state index is 0.844. The first kappa shape index (κ1) is 12.6. The van der Waals surface area contributed by atoms with Gasteiger partial charge in [-0.2, -0.15) is 0 Å². The maximum atomic E-state index is 2.63. The molecule has 17 heavy (non-hydrogen) atoms. The van der Waals surface area contributed by atoms with Crippen molar-refractivity contribution in [3.05, 3.63) is 35.9 Å². The highest BCUT2D eigenvalue weighted by atomic mass is 15.1. The molecule has 0 saturated carbocycles. The van der Waals surface area contributed by atoms with Crippen LogP contribution in [0.2, 0.25) is 0 Å². The molecule has 1 nitrogen and oxygen atoms in total. The van der Waals surface area contributed by atoms with Crippen LogP contribution < -0.4 is 0 Å². The zero-order chi connectivity index (χ0) is 12.1. The Morgan fingerprint density at radius 2 is 2.00 bits per heavy atom. The number of piperidine rings is 1. The Kier molecular flexibility index (Phi) is 4.61. The van der Waals surface area contributed by atoms with E-state index in [1.54, 1.807) is 0 Å². The number of hydrogen-bond acceptors (Lipinski definition) is 1. The molecule has 0 aliphatic carbocycles. The van der Waals surface area contributed by atoms with Gasteiger partial charge in [0.1, 0.15) is 0 Å². The van der Waals surface area contributed by atoms with Gasteiger partial charge in [0.15, 0.2) is 0 Å². The Hall–Kier alpha value is -0.820. The van der Waals surface area contributed by atoms with Crippen LogP contribution in [0.4, 0.5) is 0 Å². The number of hydrogen-bond donors (Lipinski definition) is 0. The SMILES string of the molecule is CC(C)CC1CCCN(Cc2ccccc2)C1. The monoisotopic (exact) mass is 231 g/mol. The summed E-state index contributed by atoms with van der Waals surface area (Å²) >= 11 is 0. The number of benzene rings is 1. The van der Waals surface area contributed by atoms with E-state index in [0.717, 1.165) is 18.4 Å². The van der Waals surface area contributed by atoms with Gasteiger partial charge in [0.2, 0.25) is 0 Å². The van der Waals surface area contributed by atoms with Crippen LogP contribution in [0.25, 0.3) is 0 Å². The van der Waals surface area contributed by atoms with E-state index in [1.807, 2.05) is 0 Å². The van der Waals surface area contributed by atoms with Crippen molar-refractivity contribution >= 4 is 0 Å². The summed E-state index contributed by atoms with van der Waals surface area (Å²) in [5.41, 5.74) is 1.46. The largest absolute Gasteiger partial charge is 0.299 e. The van der Waals surface area contributed by atoms with Crippen LogP contribution in [-0.4, -0.2) is 18.0 Å². The van der Waals surface area contributed by atoms with E-state index in [2.05, 4.69) is 49.1 Å². The average Bonchev–Trinajstić information content (AvgIpc) is 2.30. The molecule has 1 aliphatic heterocycles. The molecule has 0 bridgehead atoms. The molecule has 2 rings (SSSR count). The van der Waals surface area contributed by atoms with Gasteiger partial charge in [-0.25, -0.2) is 0 Å². The van der Waals surface area contributed by atoms with Gasteiger partial charge >= 0.3 is 0 Å². The van der Waals surface area contributed by atoms with E-state index in [4.69, 9.17) is 0 Å².